The predicted octanol–water partition coefficient (Wildman–Crippen LogP) is 4.11. The van der Waals surface area contributed by atoms with Crippen molar-refractivity contribution in [2.75, 3.05) is 23.7 Å². The van der Waals surface area contributed by atoms with Crippen LogP contribution in [0.25, 0.3) is 0 Å². The van der Waals surface area contributed by atoms with Crippen LogP contribution in [0.4, 0.5) is 11.5 Å². The number of benzene rings is 2. The Morgan fingerprint density at radius 2 is 1.48 bits per heavy atom. The van der Waals surface area contributed by atoms with Crippen molar-refractivity contribution < 1.29 is 9.59 Å². The van der Waals surface area contributed by atoms with Crippen LogP contribution in [0.1, 0.15) is 24.4 Å². The zero-order valence-corrected chi connectivity index (χ0v) is 17.3. The highest BCUT2D eigenvalue weighted by Crippen LogP contribution is 2.29. The SMILES string of the molecule is O=C(Nc1ccccn1)C1CCN(C(C(=O)Nc2ccccc2)c2ccccc2)CC1. The summed E-state index contributed by atoms with van der Waals surface area (Å²) >= 11 is 0. The Hall–Kier alpha value is -3.51. The van der Waals surface area contributed by atoms with Crippen LogP contribution in [0.15, 0.2) is 85.1 Å². The molecule has 1 aliphatic heterocycles. The summed E-state index contributed by atoms with van der Waals surface area (Å²) in [5.41, 5.74) is 1.73. The highest BCUT2D eigenvalue weighted by atomic mass is 16.2. The Kier molecular flexibility index (Phi) is 6.69. The van der Waals surface area contributed by atoms with Gasteiger partial charge in [0, 0.05) is 17.8 Å². The smallest absolute Gasteiger partial charge is 0.246 e. The van der Waals surface area contributed by atoms with E-state index in [1.807, 2.05) is 72.8 Å². The van der Waals surface area contributed by atoms with Gasteiger partial charge in [0.1, 0.15) is 11.9 Å². The zero-order chi connectivity index (χ0) is 21.5. The first-order chi connectivity index (χ1) is 15.2. The lowest BCUT2D eigenvalue weighted by molar-refractivity contribution is -0.124. The van der Waals surface area contributed by atoms with Crippen molar-refractivity contribution >= 4 is 23.3 Å². The third-order valence-corrected chi connectivity index (χ3v) is 5.59. The number of nitrogens with one attached hydrogen (secondary N) is 2. The van der Waals surface area contributed by atoms with Gasteiger partial charge in [-0.05, 0) is 55.8 Å². The molecule has 0 spiro atoms. The number of carbonyl (C=O) groups excluding carboxylic acids is 2. The molecule has 3 aromatic rings. The van der Waals surface area contributed by atoms with Gasteiger partial charge < -0.3 is 10.6 Å². The Balaban J connectivity index is 1.43. The summed E-state index contributed by atoms with van der Waals surface area (Å²) in [5, 5.41) is 5.93. The van der Waals surface area contributed by atoms with Crippen LogP contribution in [0.2, 0.25) is 0 Å². The number of amides is 2. The van der Waals surface area contributed by atoms with Crippen LogP contribution in [0.5, 0.6) is 0 Å². The third kappa shape index (κ3) is 5.35. The molecule has 0 aliphatic carbocycles. The Morgan fingerprint density at radius 1 is 0.839 bits per heavy atom. The van der Waals surface area contributed by atoms with Crippen LogP contribution >= 0.6 is 0 Å². The molecule has 1 fully saturated rings. The molecule has 1 unspecified atom stereocenters. The fourth-order valence-electron chi connectivity index (χ4n) is 3.98. The van der Waals surface area contributed by atoms with E-state index in [0.717, 1.165) is 11.3 Å². The molecule has 2 N–H and O–H groups in total. The molecular formula is C25H26N4O2. The quantitative estimate of drug-likeness (QED) is 0.637. The van der Waals surface area contributed by atoms with Crippen molar-refractivity contribution in [2.24, 2.45) is 5.92 Å². The Labute approximate surface area is 182 Å². The van der Waals surface area contributed by atoms with Gasteiger partial charge in [-0.1, -0.05) is 54.6 Å². The lowest BCUT2D eigenvalue weighted by Gasteiger charge is -2.36. The molecule has 31 heavy (non-hydrogen) atoms. The molecule has 0 saturated carbocycles. The van der Waals surface area contributed by atoms with E-state index in [9.17, 15) is 9.59 Å². The van der Waals surface area contributed by atoms with Gasteiger partial charge in [0.15, 0.2) is 0 Å². The number of anilines is 2. The highest BCUT2D eigenvalue weighted by molar-refractivity contribution is 5.95. The molecule has 2 heterocycles. The summed E-state index contributed by atoms with van der Waals surface area (Å²) in [6, 6.07) is 24.3. The Bertz CT molecular complexity index is 988. The maximum Gasteiger partial charge on any atom is 0.246 e. The summed E-state index contributed by atoms with van der Waals surface area (Å²) in [6.45, 7) is 1.34. The first-order valence-electron chi connectivity index (χ1n) is 10.6. The molecule has 2 aromatic carbocycles. The fraction of sp³-hybridized carbons (Fsp3) is 0.240. The number of nitrogens with zero attached hydrogens (tertiary/aromatic N) is 2. The third-order valence-electron chi connectivity index (χ3n) is 5.59. The molecular weight excluding hydrogens is 388 g/mol. The number of piperidine rings is 1. The normalized spacial score (nSPS) is 15.7. The average molecular weight is 415 g/mol. The van der Waals surface area contributed by atoms with E-state index in [2.05, 4.69) is 20.5 Å². The van der Waals surface area contributed by atoms with Crippen molar-refractivity contribution in [2.45, 2.75) is 18.9 Å². The van der Waals surface area contributed by atoms with Crippen LogP contribution in [0.3, 0.4) is 0 Å². The Morgan fingerprint density at radius 3 is 2.13 bits per heavy atom. The molecule has 1 atom stereocenters. The van der Waals surface area contributed by atoms with Gasteiger partial charge in [-0.15, -0.1) is 0 Å². The number of pyridine rings is 1. The van der Waals surface area contributed by atoms with Crippen LogP contribution in [-0.4, -0.2) is 34.8 Å². The van der Waals surface area contributed by atoms with Gasteiger partial charge in [-0.3, -0.25) is 14.5 Å². The van der Waals surface area contributed by atoms with E-state index in [1.165, 1.54) is 0 Å². The minimum Gasteiger partial charge on any atom is -0.324 e. The molecule has 0 radical (unpaired) electrons. The molecule has 2 amide bonds. The summed E-state index contributed by atoms with van der Waals surface area (Å²) in [4.78, 5) is 32.2. The molecule has 158 valence electrons. The van der Waals surface area contributed by atoms with Gasteiger partial charge in [-0.25, -0.2) is 4.98 Å². The van der Waals surface area contributed by atoms with Crippen LogP contribution in [0, 0.1) is 5.92 Å². The van der Waals surface area contributed by atoms with Gasteiger partial charge >= 0.3 is 0 Å². The summed E-state index contributed by atoms with van der Waals surface area (Å²) in [5.74, 6) is 0.406. The zero-order valence-electron chi connectivity index (χ0n) is 17.3. The van der Waals surface area contributed by atoms with Crippen LogP contribution < -0.4 is 10.6 Å². The molecule has 6 heteroatoms. The van der Waals surface area contributed by atoms with Gasteiger partial charge in [0.25, 0.3) is 0 Å². The van der Waals surface area contributed by atoms with E-state index in [0.29, 0.717) is 31.7 Å². The summed E-state index contributed by atoms with van der Waals surface area (Å²) in [7, 11) is 0. The second kappa shape index (κ2) is 10.00. The first-order valence-corrected chi connectivity index (χ1v) is 10.6. The fourth-order valence-corrected chi connectivity index (χ4v) is 3.98. The van der Waals surface area contributed by atoms with Crippen molar-refractivity contribution in [3.8, 4) is 0 Å². The van der Waals surface area contributed by atoms with E-state index in [1.54, 1.807) is 12.3 Å². The average Bonchev–Trinajstić information content (AvgIpc) is 2.82. The molecule has 1 saturated heterocycles. The molecule has 6 nitrogen and oxygen atoms in total. The lowest BCUT2D eigenvalue weighted by Crippen LogP contribution is -2.44. The number of hydrogen-bond acceptors (Lipinski definition) is 4. The standard InChI is InChI=1S/C25H26N4O2/c30-24(28-22-13-7-8-16-26-22)20-14-17-29(18-15-20)23(19-9-3-1-4-10-19)25(31)27-21-11-5-2-6-12-21/h1-13,16,20,23H,14-15,17-18H2,(H,27,31)(H,26,28,30). The maximum absolute atomic E-state index is 13.2. The van der Waals surface area contributed by atoms with Gasteiger partial charge in [0.2, 0.25) is 11.8 Å². The van der Waals surface area contributed by atoms with E-state index >= 15 is 0 Å². The predicted molar refractivity (Wildman–Crippen MR) is 121 cm³/mol. The summed E-state index contributed by atoms with van der Waals surface area (Å²) in [6.07, 6.45) is 3.05. The van der Waals surface area contributed by atoms with Crippen molar-refractivity contribution in [1.29, 1.82) is 0 Å². The van der Waals surface area contributed by atoms with E-state index in [4.69, 9.17) is 0 Å². The van der Waals surface area contributed by atoms with E-state index < -0.39 is 6.04 Å². The minimum absolute atomic E-state index is 0.0108. The van der Waals surface area contributed by atoms with Gasteiger partial charge in [0.05, 0.1) is 0 Å². The topological polar surface area (TPSA) is 74.3 Å². The second-order valence-electron chi connectivity index (χ2n) is 7.68. The maximum atomic E-state index is 13.2. The van der Waals surface area contributed by atoms with Gasteiger partial charge in [-0.2, -0.15) is 0 Å². The number of aromatic nitrogens is 1. The number of para-hydroxylation sites is 1. The van der Waals surface area contributed by atoms with Crippen LogP contribution in [-0.2, 0) is 9.59 Å². The molecule has 4 rings (SSSR count). The highest BCUT2D eigenvalue weighted by Gasteiger charge is 2.33. The monoisotopic (exact) mass is 414 g/mol. The second-order valence-corrected chi connectivity index (χ2v) is 7.68. The van der Waals surface area contributed by atoms with Crippen molar-refractivity contribution in [3.63, 3.8) is 0 Å². The molecule has 0 bridgehead atoms. The van der Waals surface area contributed by atoms with Crippen molar-refractivity contribution in [1.82, 2.24) is 9.88 Å². The number of carbonyl (C=O) groups is 2. The first kappa shape index (κ1) is 20.8. The lowest BCUT2D eigenvalue weighted by atomic mass is 9.93. The summed E-state index contributed by atoms with van der Waals surface area (Å²) < 4.78 is 0. The molecule has 1 aromatic heterocycles. The van der Waals surface area contributed by atoms with E-state index in [-0.39, 0.29) is 17.7 Å². The number of rotatable bonds is 6. The number of likely N-dealkylation sites (tertiary alicyclic amines) is 1. The van der Waals surface area contributed by atoms with Crippen molar-refractivity contribution in [3.05, 3.63) is 90.6 Å². The molecule has 1 aliphatic rings. The largest absolute Gasteiger partial charge is 0.324 e. The number of hydrogen-bond donors (Lipinski definition) is 2. The minimum atomic E-state index is -0.402.